The minimum absolute atomic E-state index is 0.206. The van der Waals surface area contributed by atoms with Gasteiger partial charge in [0.1, 0.15) is 18.6 Å². The van der Waals surface area contributed by atoms with Crippen molar-refractivity contribution in [3.63, 3.8) is 0 Å². The van der Waals surface area contributed by atoms with Crippen LogP contribution in [-0.2, 0) is 23.9 Å². The van der Waals surface area contributed by atoms with E-state index in [4.69, 9.17) is 21.1 Å². The van der Waals surface area contributed by atoms with Crippen LogP contribution in [0.2, 0.25) is 0 Å². The molecule has 0 heterocycles. The summed E-state index contributed by atoms with van der Waals surface area (Å²) in [6.07, 6.45) is 1.80. The zero-order valence-corrected chi connectivity index (χ0v) is 15.8. The van der Waals surface area contributed by atoms with Gasteiger partial charge in [-0.05, 0) is 31.4 Å². The Balaban J connectivity index is 4.32. The zero-order valence-electron chi connectivity index (χ0n) is 11.8. The first kappa shape index (κ1) is 20.9. The molecule has 0 aromatic carbocycles. The molecule has 5 nitrogen and oxygen atoms in total. The average molecular weight is 451 g/mol. The van der Waals surface area contributed by atoms with Crippen molar-refractivity contribution >= 4 is 60.6 Å². The van der Waals surface area contributed by atoms with E-state index in [1.807, 2.05) is 0 Å². The highest BCUT2D eigenvalue weighted by Crippen LogP contribution is 2.22. The number of hydrogen-bond acceptors (Lipinski definition) is 5. The second-order valence-electron chi connectivity index (χ2n) is 4.74. The Morgan fingerprint density at radius 1 is 0.952 bits per heavy atom. The van der Waals surface area contributed by atoms with Gasteiger partial charge in [-0.15, -0.1) is 0 Å². The van der Waals surface area contributed by atoms with Gasteiger partial charge in [0.15, 0.2) is 0 Å². The summed E-state index contributed by atoms with van der Waals surface area (Å²) >= 11 is 11.9. The standard InChI is InChI=1S/C13H19Br2ClO5/c1-13(12(16)19,8-20-10(17)4-2-6-14)9-21-11(18)5-3-7-15/h2-9H2,1H3. The largest absolute Gasteiger partial charge is 0.464 e. The molecule has 0 spiro atoms. The molecule has 8 heteroatoms. The normalized spacial score (nSPS) is 11.0. The van der Waals surface area contributed by atoms with E-state index in [2.05, 4.69) is 31.9 Å². The third kappa shape index (κ3) is 9.47. The lowest BCUT2D eigenvalue weighted by Gasteiger charge is -2.24. The van der Waals surface area contributed by atoms with Gasteiger partial charge in [0.2, 0.25) is 5.24 Å². The number of alkyl halides is 2. The van der Waals surface area contributed by atoms with Crippen LogP contribution in [0.5, 0.6) is 0 Å². The summed E-state index contributed by atoms with van der Waals surface area (Å²) in [7, 11) is 0. The van der Waals surface area contributed by atoms with Gasteiger partial charge in [-0.2, -0.15) is 0 Å². The maximum absolute atomic E-state index is 11.5. The molecule has 0 N–H and O–H groups in total. The van der Waals surface area contributed by atoms with Gasteiger partial charge in [0, 0.05) is 23.5 Å². The van der Waals surface area contributed by atoms with Crippen molar-refractivity contribution in [2.45, 2.75) is 32.6 Å². The fourth-order valence-corrected chi connectivity index (χ4v) is 1.87. The van der Waals surface area contributed by atoms with E-state index in [1.54, 1.807) is 0 Å². The van der Waals surface area contributed by atoms with E-state index in [9.17, 15) is 14.4 Å². The van der Waals surface area contributed by atoms with Crippen LogP contribution in [0.25, 0.3) is 0 Å². The summed E-state index contributed by atoms with van der Waals surface area (Å²) in [4.78, 5) is 34.4. The fourth-order valence-electron chi connectivity index (χ4n) is 1.20. The lowest BCUT2D eigenvalue weighted by atomic mass is 9.95. The Bertz CT molecular complexity index is 338. The lowest BCUT2D eigenvalue weighted by molar-refractivity contribution is -0.155. The second-order valence-corrected chi connectivity index (χ2v) is 6.67. The first-order chi connectivity index (χ1) is 9.85. The minimum Gasteiger partial charge on any atom is -0.464 e. The molecule has 0 saturated heterocycles. The van der Waals surface area contributed by atoms with E-state index in [-0.39, 0.29) is 26.1 Å². The Morgan fingerprint density at radius 2 is 1.33 bits per heavy atom. The van der Waals surface area contributed by atoms with Gasteiger partial charge in [-0.1, -0.05) is 31.9 Å². The van der Waals surface area contributed by atoms with Gasteiger partial charge < -0.3 is 9.47 Å². The maximum atomic E-state index is 11.5. The Morgan fingerprint density at radius 3 is 1.62 bits per heavy atom. The average Bonchev–Trinajstić information content (AvgIpc) is 2.46. The molecule has 0 radical (unpaired) electrons. The molecule has 0 aromatic heterocycles. The lowest BCUT2D eigenvalue weighted by Crippen LogP contribution is -2.36. The number of hydrogen-bond donors (Lipinski definition) is 0. The van der Waals surface area contributed by atoms with Crippen molar-refractivity contribution in [2.24, 2.45) is 5.41 Å². The highest BCUT2D eigenvalue weighted by atomic mass is 79.9. The summed E-state index contributed by atoms with van der Waals surface area (Å²) in [5, 5.41) is 0.682. The number of carbonyl (C=O) groups excluding carboxylic acids is 3. The van der Waals surface area contributed by atoms with Crippen molar-refractivity contribution in [1.29, 1.82) is 0 Å². The molecule has 0 saturated carbocycles. The summed E-state index contributed by atoms with van der Waals surface area (Å²) in [5.74, 6) is -0.826. The molecule has 0 aliphatic carbocycles. The molecular weight excluding hydrogens is 431 g/mol. The minimum atomic E-state index is -1.23. The molecule has 122 valence electrons. The summed E-state index contributed by atoms with van der Waals surface area (Å²) < 4.78 is 10.0. The monoisotopic (exact) mass is 448 g/mol. The van der Waals surface area contributed by atoms with Gasteiger partial charge in [-0.3, -0.25) is 14.4 Å². The second kappa shape index (κ2) is 11.4. The van der Waals surface area contributed by atoms with Crippen molar-refractivity contribution in [3.8, 4) is 0 Å². The van der Waals surface area contributed by atoms with Crippen LogP contribution in [0.4, 0.5) is 0 Å². The molecule has 0 aliphatic rings. The number of ether oxygens (including phenoxy) is 2. The summed E-state index contributed by atoms with van der Waals surface area (Å²) in [6.45, 7) is 1.09. The van der Waals surface area contributed by atoms with Crippen LogP contribution in [0.15, 0.2) is 0 Å². The van der Waals surface area contributed by atoms with Crippen LogP contribution in [0.1, 0.15) is 32.6 Å². The van der Waals surface area contributed by atoms with E-state index >= 15 is 0 Å². The summed E-state index contributed by atoms with van der Waals surface area (Å²) in [5.41, 5.74) is -1.23. The first-order valence-corrected chi connectivity index (χ1v) is 9.11. The van der Waals surface area contributed by atoms with E-state index in [1.165, 1.54) is 6.92 Å². The quantitative estimate of drug-likeness (QED) is 0.275. The van der Waals surface area contributed by atoms with Crippen molar-refractivity contribution in [2.75, 3.05) is 23.9 Å². The van der Waals surface area contributed by atoms with Gasteiger partial charge >= 0.3 is 11.9 Å². The molecule has 0 unspecified atom stereocenters. The molecule has 0 fully saturated rings. The van der Waals surface area contributed by atoms with Gasteiger partial charge in [0.05, 0.1) is 0 Å². The molecular formula is C13H19Br2ClO5. The number of rotatable bonds is 11. The number of halogens is 3. The Labute approximate surface area is 146 Å². The molecule has 0 aromatic rings. The summed E-state index contributed by atoms with van der Waals surface area (Å²) in [6, 6.07) is 0. The van der Waals surface area contributed by atoms with Crippen LogP contribution < -0.4 is 0 Å². The van der Waals surface area contributed by atoms with Gasteiger partial charge in [0.25, 0.3) is 0 Å². The topological polar surface area (TPSA) is 69.7 Å². The molecule has 0 atom stereocenters. The predicted octanol–water partition coefficient (Wildman–Crippen LogP) is 3.19. The third-order valence-electron chi connectivity index (χ3n) is 2.61. The zero-order chi connectivity index (χ0) is 16.3. The van der Waals surface area contributed by atoms with E-state index in [0.29, 0.717) is 23.5 Å². The first-order valence-electron chi connectivity index (χ1n) is 6.49. The van der Waals surface area contributed by atoms with Crippen molar-refractivity contribution in [1.82, 2.24) is 0 Å². The van der Waals surface area contributed by atoms with Crippen molar-refractivity contribution in [3.05, 3.63) is 0 Å². The molecule has 0 amide bonds. The SMILES string of the molecule is CC(COC(=O)CCCBr)(COC(=O)CCCBr)C(=O)Cl. The Hall–Kier alpha value is -0.140. The Kier molecular flexibility index (Phi) is 11.4. The molecule has 0 bridgehead atoms. The van der Waals surface area contributed by atoms with Crippen molar-refractivity contribution < 1.29 is 23.9 Å². The highest BCUT2D eigenvalue weighted by molar-refractivity contribution is 9.09. The fraction of sp³-hybridized carbons (Fsp3) is 0.769. The molecule has 0 aliphatic heterocycles. The molecule has 21 heavy (non-hydrogen) atoms. The van der Waals surface area contributed by atoms with Crippen LogP contribution in [0, 0.1) is 5.41 Å². The smallest absolute Gasteiger partial charge is 0.305 e. The maximum Gasteiger partial charge on any atom is 0.305 e. The van der Waals surface area contributed by atoms with Crippen LogP contribution in [-0.4, -0.2) is 41.1 Å². The van der Waals surface area contributed by atoms with E-state index in [0.717, 1.165) is 0 Å². The van der Waals surface area contributed by atoms with Crippen LogP contribution >= 0.6 is 43.5 Å². The van der Waals surface area contributed by atoms with E-state index < -0.39 is 22.6 Å². The van der Waals surface area contributed by atoms with Crippen LogP contribution in [0.3, 0.4) is 0 Å². The molecule has 0 rings (SSSR count). The number of esters is 2. The third-order valence-corrected chi connectivity index (χ3v) is 4.18. The number of carbonyl (C=O) groups is 3. The predicted molar refractivity (Wildman–Crippen MR) is 86.9 cm³/mol. The van der Waals surface area contributed by atoms with Gasteiger partial charge in [-0.25, -0.2) is 0 Å². The highest BCUT2D eigenvalue weighted by Gasteiger charge is 2.35.